The molecule has 0 fully saturated rings. The summed E-state index contributed by atoms with van der Waals surface area (Å²) < 4.78 is 39.0. The Balaban J connectivity index is 2.59. The molecular formula is C14H11Cl2F3N2. The SMILES string of the molecule is CCCc1c(Cl)nc(-c2ccccc2C(F)(F)F)nc1Cl. The lowest BCUT2D eigenvalue weighted by molar-refractivity contribution is -0.137. The van der Waals surface area contributed by atoms with Crippen LogP contribution in [0.25, 0.3) is 11.4 Å². The predicted octanol–water partition coefficient (Wildman–Crippen LogP) is 5.42. The van der Waals surface area contributed by atoms with Gasteiger partial charge in [0, 0.05) is 11.1 Å². The van der Waals surface area contributed by atoms with Gasteiger partial charge in [0.1, 0.15) is 10.3 Å². The monoisotopic (exact) mass is 334 g/mol. The number of benzene rings is 1. The molecule has 2 rings (SSSR count). The van der Waals surface area contributed by atoms with Gasteiger partial charge in [-0.2, -0.15) is 13.2 Å². The molecule has 0 N–H and O–H groups in total. The number of hydrogen-bond donors (Lipinski definition) is 0. The molecular weight excluding hydrogens is 324 g/mol. The summed E-state index contributed by atoms with van der Waals surface area (Å²) in [7, 11) is 0. The van der Waals surface area contributed by atoms with Crippen molar-refractivity contribution in [3.05, 3.63) is 45.7 Å². The normalized spacial score (nSPS) is 11.7. The van der Waals surface area contributed by atoms with Crippen LogP contribution >= 0.6 is 23.2 Å². The lowest BCUT2D eigenvalue weighted by Gasteiger charge is -2.13. The summed E-state index contributed by atoms with van der Waals surface area (Å²) in [6.07, 6.45) is -3.15. The maximum absolute atomic E-state index is 13.0. The van der Waals surface area contributed by atoms with E-state index < -0.39 is 11.7 Å². The van der Waals surface area contributed by atoms with E-state index in [-0.39, 0.29) is 21.7 Å². The standard InChI is InChI=1S/C14H11Cl2F3N2/c1-2-5-9-11(15)20-13(21-12(9)16)8-6-3-4-7-10(8)14(17,18)19/h3-4,6-7H,2,5H2,1H3. The highest BCUT2D eigenvalue weighted by atomic mass is 35.5. The van der Waals surface area contributed by atoms with E-state index >= 15 is 0 Å². The summed E-state index contributed by atoms with van der Waals surface area (Å²) in [5.74, 6) is -0.127. The quantitative estimate of drug-likeness (QED) is 0.700. The minimum absolute atomic E-state index is 0.0869. The van der Waals surface area contributed by atoms with Gasteiger partial charge in [0.25, 0.3) is 0 Å². The number of rotatable bonds is 3. The topological polar surface area (TPSA) is 25.8 Å². The molecule has 0 saturated carbocycles. The van der Waals surface area contributed by atoms with E-state index in [2.05, 4.69) is 9.97 Å². The van der Waals surface area contributed by atoms with Crippen molar-refractivity contribution in [2.75, 3.05) is 0 Å². The fraction of sp³-hybridized carbons (Fsp3) is 0.286. The van der Waals surface area contributed by atoms with E-state index in [1.165, 1.54) is 18.2 Å². The first-order valence-electron chi connectivity index (χ1n) is 6.23. The van der Waals surface area contributed by atoms with E-state index in [4.69, 9.17) is 23.2 Å². The van der Waals surface area contributed by atoms with Crippen LogP contribution in [-0.4, -0.2) is 9.97 Å². The number of hydrogen-bond acceptors (Lipinski definition) is 2. The zero-order valence-electron chi connectivity index (χ0n) is 11.0. The van der Waals surface area contributed by atoms with Gasteiger partial charge in [-0.1, -0.05) is 54.7 Å². The lowest BCUT2D eigenvalue weighted by atomic mass is 10.1. The Labute approximate surface area is 129 Å². The molecule has 0 aliphatic rings. The smallest absolute Gasteiger partial charge is 0.216 e. The molecule has 7 heteroatoms. The molecule has 1 aromatic heterocycles. The number of halogens is 5. The van der Waals surface area contributed by atoms with Gasteiger partial charge in [0.15, 0.2) is 5.82 Å². The van der Waals surface area contributed by atoms with Gasteiger partial charge in [-0.25, -0.2) is 9.97 Å². The molecule has 0 atom stereocenters. The number of nitrogens with zero attached hydrogens (tertiary/aromatic N) is 2. The maximum atomic E-state index is 13.0. The fourth-order valence-electron chi connectivity index (χ4n) is 1.93. The Morgan fingerprint density at radius 2 is 1.62 bits per heavy atom. The molecule has 2 nitrogen and oxygen atoms in total. The Morgan fingerprint density at radius 3 is 2.14 bits per heavy atom. The Bertz CT molecular complexity index is 634. The highest BCUT2D eigenvalue weighted by Crippen LogP contribution is 2.37. The van der Waals surface area contributed by atoms with E-state index in [9.17, 15) is 13.2 Å². The highest BCUT2D eigenvalue weighted by molar-refractivity contribution is 6.34. The molecule has 0 aliphatic heterocycles. The van der Waals surface area contributed by atoms with E-state index in [0.717, 1.165) is 12.5 Å². The first-order chi connectivity index (χ1) is 9.84. The van der Waals surface area contributed by atoms with Gasteiger partial charge in [-0.15, -0.1) is 0 Å². The molecule has 21 heavy (non-hydrogen) atoms. The predicted molar refractivity (Wildman–Crippen MR) is 76.5 cm³/mol. The van der Waals surface area contributed by atoms with Gasteiger partial charge in [0.2, 0.25) is 0 Å². The van der Waals surface area contributed by atoms with Crippen LogP contribution in [0.5, 0.6) is 0 Å². The van der Waals surface area contributed by atoms with E-state index in [1.807, 2.05) is 6.92 Å². The molecule has 0 spiro atoms. The summed E-state index contributed by atoms with van der Waals surface area (Å²) in [4.78, 5) is 7.93. The first kappa shape index (κ1) is 16.0. The molecule has 0 amide bonds. The number of aromatic nitrogens is 2. The van der Waals surface area contributed by atoms with Crippen molar-refractivity contribution >= 4 is 23.2 Å². The summed E-state index contributed by atoms with van der Waals surface area (Å²) in [5.41, 5.74) is -0.411. The van der Waals surface area contributed by atoms with Crippen LogP contribution < -0.4 is 0 Å². The van der Waals surface area contributed by atoms with Gasteiger partial charge in [-0.3, -0.25) is 0 Å². The second-order valence-electron chi connectivity index (χ2n) is 4.40. The summed E-state index contributed by atoms with van der Waals surface area (Å²) in [5, 5.41) is 0.174. The van der Waals surface area contributed by atoms with Crippen LogP contribution in [-0.2, 0) is 12.6 Å². The minimum Gasteiger partial charge on any atom is -0.216 e. The lowest BCUT2D eigenvalue weighted by Crippen LogP contribution is -2.08. The summed E-state index contributed by atoms with van der Waals surface area (Å²) in [6.45, 7) is 1.93. The third-order valence-electron chi connectivity index (χ3n) is 2.88. The molecule has 112 valence electrons. The van der Waals surface area contributed by atoms with Crippen molar-refractivity contribution in [3.63, 3.8) is 0 Å². The van der Waals surface area contributed by atoms with Gasteiger partial charge in [0.05, 0.1) is 5.56 Å². The molecule has 2 aromatic rings. The molecule has 0 radical (unpaired) electrons. The summed E-state index contributed by atoms with van der Waals surface area (Å²) in [6, 6.07) is 5.06. The zero-order valence-corrected chi connectivity index (χ0v) is 12.5. The van der Waals surface area contributed by atoms with E-state index in [0.29, 0.717) is 12.0 Å². The van der Waals surface area contributed by atoms with Crippen LogP contribution in [0.1, 0.15) is 24.5 Å². The average molecular weight is 335 g/mol. The van der Waals surface area contributed by atoms with Gasteiger partial charge >= 0.3 is 6.18 Å². The number of alkyl halides is 3. The van der Waals surface area contributed by atoms with Crippen molar-refractivity contribution in [1.82, 2.24) is 9.97 Å². The third-order valence-corrected chi connectivity index (χ3v) is 3.50. The van der Waals surface area contributed by atoms with Crippen LogP contribution in [0.4, 0.5) is 13.2 Å². The molecule has 0 bridgehead atoms. The van der Waals surface area contributed by atoms with Crippen molar-refractivity contribution in [2.24, 2.45) is 0 Å². The van der Waals surface area contributed by atoms with Crippen molar-refractivity contribution in [3.8, 4) is 11.4 Å². The molecule has 0 unspecified atom stereocenters. The second kappa shape index (κ2) is 6.20. The van der Waals surface area contributed by atoms with E-state index in [1.54, 1.807) is 0 Å². The summed E-state index contributed by atoms with van der Waals surface area (Å²) >= 11 is 12.0. The zero-order chi connectivity index (χ0) is 15.6. The Kier molecular flexibility index (Phi) is 4.74. The molecule has 1 heterocycles. The van der Waals surface area contributed by atoms with Gasteiger partial charge in [-0.05, 0) is 12.5 Å². The highest BCUT2D eigenvalue weighted by Gasteiger charge is 2.34. The van der Waals surface area contributed by atoms with Crippen LogP contribution in [0.15, 0.2) is 24.3 Å². The molecule has 0 saturated heterocycles. The maximum Gasteiger partial charge on any atom is 0.417 e. The largest absolute Gasteiger partial charge is 0.417 e. The third kappa shape index (κ3) is 3.47. The first-order valence-corrected chi connectivity index (χ1v) is 6.98. The van der Waals surface area contributed by atoms with Crippen molar-refractivity contribution < 1.29 is 13.2 Å². The van der Waals surface area contributed by atoms with Gasteiger partial charge < -0.3 is 0 Å². The average Bonchev–Trinajstić information content (AvgIpc) is 2.42. The van der Waals surface area contributed by atoms with Crippen molar-refractivity contribution in [1.29, 1.82) is 0 Å². The van der Waals surface area contributed by atoms with Crippen LogP contribution in [0, 0.1) is 0 Å². The Morgan fingerprint density at radius 1 is 1.05 bits per heavy atom. The Hall–Kier alpha value is -1.33. The van der Waals surface area contributed by atoms with Crippen LogP contribution in [0.3, 0.4) is 0 Å². The minimum atomic E-state index is -4.50. The molecule has 1 aromatic carbocycles. The fourth-order valence-corrected chi connectivity index (χ4v) is 2.51. The second-order valence-corrected chi connectivity index (χ2v) is 5.12. The van der Waals surface area contributed by atoms with Crippen LogP contribution in [0.2, 0.25) is 10.3 Å². The van der Waals surface area contributed by atoms with Crippen molar-refractivity contribution in [2.45, 2.75) is 25.9 Å². The molecule has 0 aliphatic carbocycles.